The van der Waals surface area contributed by atoms with Crippen molar-refractivity contribution in [3.63, 3.8) is 0 Å². The minimum atomic E-state index is 0.350. The molecule has 162 valence electrons. The van der Waals surface area contributed by atoms with Gasteiger partial charge < -0.3 is 20.3 Å². The molecular formula is C23H29N7O. The van der Waals surface area contributed by atoms with Crippen molar-refractivity contribution in [2.75, 3.05) is 31.6 Å². The first kappa shape index (κ1) is 20.7. The second-order valence-electron chi connectivity index (χ2n) is 7.44. The summed E-state index contributed by atoms with van der Waals surface area (Å²) in [5.74, 6) is 2.98. The van der Waals surface area contributed by atoms with Gasteiger partial charge in [-0.05, 0) is 49.7 Å². The Balaban J connectivity index is 1.36. The Morgan fingerprint density at radius 3 is 2.74 bits per heavy atom. The zero-order valence-corrected chi connectivity index (χ0v) is 18.0. The number of hydrogen-bond acceptors (Lipinski definition) is 5. The maximum absolute atomic E-state index is 5.20. The number of para-hydroxylation sites is 1. The fraction of sp³-hybridized carbons (Fsp3) is 0.348. The smallest absolute Gasteiger partial charge is 0.191 e. The number of aromatic nitrogens is 3. The van der Waals surface area contributed by atoms with E-state index in [4.69, 9.17) is 9.73 Å². The van der Waals surface area contributed by atoms with Crippen LogP contribution in [0.25, 0.3) is 11.4 Å². The number of H-pyrrole nitrogens is 1. The van der Waals surface area contributed by atoms with E-state index < -0.39 is 0 Å². The molecule has 3 N–H and O–H groups in total. The first-order valence-corrected chi connectivity index (χ1v) is 10.7. The van der Waals surface area contributed by atoms with Crippen LogP contribution in [-0.2, 0) is 6.54 Å². The number of methoxy groups -OCH3 is 1. The lowest BCUT2D eigenvalue weighted by Gasteiger charge is -2.20. The summed E-state index contributed by atoms with van der Waals surface area (Å²) in [6.07, 6.45) is 1.07. The predicted octanol–water partition coefficient (Wildman–Crippen LogP) is 2.81. The van der Waals surface area contributed by atoms with E-state index in [9.17, 15) is 0 Å². The zero-order chi connectivity index (χ0) is 21.5. The lowest BCUT2D eigenvalue weighted by Crippen LogP contribution is -2.44. The summed E-state index contributed by atoms with van der Waals surface area (Å²) in [5.41, 5.74) is 2.20. The fourth-order valence-corrected chi connectivity index (χ4v) is 3.65. The number of anilines is 1. The summed E-state index contributed by atoms with van der Waals surface area (Å²) in [6, 6.07) is 18.6. The second kappa shape index (κ2) is 9.97. The summed E-state index contributed by atoms with van der Waals surface area (Å²) < 4.78 is 5.20. The van der Waals surface area contributed by atoms with Gasteiger partial charge in [-0.3, -0.25) is 5.10 Å². The van der Waals surface area contributed by atoms with Crippen LogP contribution in [0.4, 0.5) is 5.69 Å². The van der Waals surface area contributed by atoms with E-state index in [1.807, 2.05) is 24.3 Å². The van der Waals surface area contributed by atoms with Crippen LogP contribution in [-0.4, -0.2) is 53.9 Å². The van der Waals surface area contributed by atoms with Gasteiger partial charge in [-0.15, -0.1) is 0 Å². The fourth-order valence-electron chi connectivity index (χ4n) is 3.65. The molecule has 8 nitrogen and oxygen atoms in total. The highest BCUT2D eigenvalue weighted by molar-refractivity contribution is 5.80. The third-order valence-corrected chi connectivity index (χ3v) is 5.26. The number of ether oxygens (including phenoxy) is 1. The Morgan fingerprint density at radius 2 is 2.00 bits per heavy atom. The number of hydrogen-bond donors (Lipinski definition) is 3. The lowest BCUT2D eigenvalue weighted by molar-refractivity contribution is 0.415. The number of guanidine groups is 1. The molecule has 0 bridgehead atoms. The van der Waals surface area contributed by atoms with Crippen LogP contribution in [0.5, 0.6) is 5.75 Å². The maximum atomic E-state index is 5.20. The summed E-state index contributed by atoms with van der Waals surface area (Å²) in [5, 5.41) is 14.2. The number of benzene rings is 2. The van der Waals surface area contributed by atoms with Crippen molar-refractivity contribution in [2.24, 2.45) is 4.99 Å². The summed E-state index contributed by atoms with van der Waals surface area (Å²) in [6.45, 7) is 5.28. The third kappa shape index (κ3) is 5.33. The zero-order valence-electron chi connectivity index (χ0n) is 18.0. The second-order valence-corrected chi connectivity index (χ2v) is 7.44. The Bertz CT molecular complexity index is 985. The van der Waals surface area contributed by atoms with Crippen LogP contribution >= 0.6 is 0 Å². The minimum Gasteiger partial charge on any atom is -0.497 e. The van der Waals surface area contributed by atoms with Crippen molar-refractivity contribution >= 4 is 11.6 Å². The van der Waals surface area contributed by atoms with Gasteiger partial charge in [0.15, 0.2) is 11.8 Å². The quantitative estimate of drug-likeness (QED) is 0.403. The van der Waals surface area contributed by atoms with Crippen LogP contribution in [0.1, 0.15) is 19.2 Å². The molecule has 0 saturated carbocycles. The molecule has 1 fully saturated rings. The van der Waals surface area contributed by atoms with Crippen molar-refractivity contribution < 1.29 is 4.74 Å². The molecule has 1 atom stereocenters. The van der Waals surface area contributed by atoms with E-state index in [1.165, 1.54) is 5.69 Å². The van der Waals surface area contributed by atoms with Gasteiger partial charge in [0, 0.05) is 36.9 Å². The topological polar surface area (TPSA) is 90.5 Å². The van der Waals surface area contributed by atoms with E-state index in [1.54, 1.807) is 7.11 Å². The van der Waals surface area contributed by atoms with Crippen LogP contribution in [0.15, 0.2) is 59.6 Å². The molecule has 2 aromatic carbocycles. The molecule has 0 aliphatic carbocycles. The van der Waals surface area contributed by atoms with Gasteiger partial charge in [-0.2, -0.15) is 5.10 Å². The first-order chi connectivity index (χ1) is 15.2. The molecule has 3 aromatic rings. The molecule has 1 aliphatic rings. The van der Waals surface area contributed by atoms with Gasteiger partial charge in [0.1, 0.15) is 18.1 Å². The highest BCUT2D eigenvalue weighted by atomic mass is 16.5. The molecular weight excluding hydrogens is 390 g/mol. The lowest BCUT2D eigenvalue weighted by atomic mass is 10.2. The van der Waals surface area contributed by atoms with Crippen molar-refractivity contribution in [1.29, 1.82) is 0 Å². The highest BCUT2D eigenvalue weighted by Gasteiger charge is 2.23. The van der Waals surface area contributed by atoms with E-state index in [0.717, 1.165) is 49.2 Å². The van der Waals surface area contributed by atoms with Gasteiger partial charge >= 0.3 is 0 Å². The van der Waals surface area contributed by atoms with Gasteiger partial charge in [0.05, 0.1) is 7.11 Å². The van der Waals surface area contributed by atoms with E-state index in [2.05, 4.69) is 68.0 Å². The largest absolute Gasteiger partial charge is 0.497 e. The highest BCUT2D eigenvalue weighted by Crippen LogP contribution is 2.20. The Morgan fingerprint density at radius 1 is 1.19 bits per heavy atom. The maximum Gasteiger partial charge on any atom is 0.191 e. The summed E-state index contributed by atoms with van der Waals surface area (Å²) in [4.78, 5) is 11.7. The third-order valence-electron chi connectivity index (χ3n) is 5.26. The molecule has 1 aliphatic heterocycles. The van der Waals surface area contributed by atoms with Crippen LogP contribution < -0.4 is 20.3 Å². The van der Waals surface area contributed by atoms with E-state index in [-0.39, 0.29) is 0 Å². The van der Waals surface area contributed by atoms with Crippen LogP contribution in [0.3, 0.4) is 0 Å². The van der Waals surface area contributed by atoms with Crippen LogP contribution in [0, 0.1) is 0 Å². The van der Waals surface area contributed by atoms with Gasteiger partial charge in [-0.1, -0.05) is 18.2 Å². The molecule has 31 heavy (non-hydrogen) atoms. The van der Waals surface area contributed by atoms with E-state index in [0.29, 0.717) is 18.4 Å². The number of aliphatic imine (C=N–C) groups is 1. The van der Waals surface area contributed by atoms with Crippen molar-refractivity contribution in [3.8, 4) is 17.1 Å². The molecule has 8 heteroatoms. The minimum absolute atomic E-state index is 0.350. The normalized spacial score (nSPS) is 16.4. The Kier molecular flexibility index (Phi) is 6.66. The summed E-state index contributed by atoms with van der Waals surface area (Å²) in [7, 11) is 1.65. The van der Waals surface area contributed by atoms with Gasteiger partial charge in [0.25, 0.3) is 0 Å². The average Bonchev–Trinajstić information content (AvgIpc) is 3.48. The van der Waals surface area contributed by atoms with Crippen molar-refractivity contribution in [2.45, 2.75) is 25.9 Å². The van der Waals surface area contributed by atoms with Crippen molar-refractivity contribution in [3.05, 3.63) is 60.4 Å². The standard InChI is InChI=1S/C23H29N7O/c1-3-24-23(26-18-13-14-30(16-18)19-7-5-4-6-8-19)25-15-21-27-22(29-28-21)17-9-11-20(31-2)12-10-17/h4-12,18H,3,13-16H2,1-2H3,(H2,24,25,26)(H,27,28,29). The molecule has 0 radical (unpaired) electrons. The molecule has 0 amide bonds. The number of nitrogens with one attached hydrogen (secondary N) is 3. The van der Waals surface area contributed by atoms with Crippen molar-refractivity contribution in [1.82, 2.24) is 25.8 Å². The number of nitrogens with zero attached hydrogens (tertiary/aromatic N) is 4. The monoisotopic (exact) mass is 419 g/mol. The first-order valence-electron chi connectivity index (χ1n) is 10.7. The van der Waals surface area contributed by atoms with E-state index >= 15 is 0 Å². The Hall–Kier alpha value is -3.55. The van der Waals surface area contributed by atoms with Gasteiger partial charge in [-0.25, -0.2) is 9.98 Å². The molecule has 1 unspecified atom stereocenters. The molecule has 4 rings (SSSR count). The molecule has 0 spiro atoms. The molecule has 2 heterocycles. The Labute approximate surface area is 182 Å². The molecule has 1 aromatic heterocycles. The van der Waals surface area contributed by atoms with Gasteiger partial charge in [0.2, 0.25) is 0 Å². The number of rotatable bonds is 7. The SMILES string of the molecule is CCNC(=NCc1nc(-c2ccc(OC)cc2)n[nH]1)NC1CCN(c2ccccc2)C1. The summed E-state index contributed by atoms with van der Waals surface area (Å²) >= 11 is 0. The average molecular weight is 420 g/mol. The number of aromatic amines is 1. The predicted molar refractivity (Wildman–Crippen MR) is 123 cm³/mol. The van der Waals surface area contributed by atoms with Crippen LogP contribution in [0.2, 0.25) is 0 Å². The molecule has 1 saturated heterocycles.